The minimum Gasteiger partial charge on any atom is -0.352 e. The van der Waals surface area contributed by atoms with E-state index in [9.17, 15) is 18.4 Å². The summed E-state index contributed by atoms with van der Waals surface area (Å²) in [5, 5.41) is 6.02. The number of nitrogens with one attached hydrogen (secondary N) is 2. The minimum atomic E-state index is -2.48. The van der Waals surface area contributed by atoms with Gasteiger partial charge in [-0.3, -0.25) is 9.59 Å². The number of carbonyl (C=O) groups is 2. The van der Waals surface area contributed by atoms with Crippen molar-refractivity contribution in [3.63, 3.8) is 0 Å². The van der Waals surface area contributed by atoms with E-state index in [1.807, 2.05) is 6.92 Å². The first kappa shape index (κ1) is 24.9. The predicted molar refractivity (Wildman–Crippen MR) is 126 cm³/mol. The van der Waals surface area contributed by atoms with Gasteiger partial charge in [-0.25, -0.2) is 8.78 Å². The Morgan fingerprint density at radius 3 is 2.61 bits per heavy atom. The van der Waals surface area contributed by atoms with E-state index in [-0.39, 0.29) is 23.3 Å². The Morgan fingerprint density at radius 2 is 1.91 bits per heavy atom. The maximum absolute atomic E-state index is 13.6. The molecule has 2 N–H and O–H groups in total. The summed E-state index contributed by atoms with van der Waals surface area (Å²) in [4.78, 5) is 26.2. The van der Waals surface area contributed by atoms with Crippen molar-refractivity contribution in [1.29, 1.82) is 0 Å². The van der Waals surface area contributed by atoms with E-state index in [2.05, 4.69) is 24.5 Å². The summed E-state index contributed by atoms with van der Waals surface area (Å²) < 4.78 is 27.2. The number of fused-ring (bicyclic) bond motifs is 5. The summed E-state index contributed by atoms with van der Waals surface area (Å²) in [5.41, 5.74) is 0.369. The van der Waals surface area contributed by atoms with Crippen LogP contribution in [0.15, 0.2) is 0 Å². The summed E-state index contributed by atoms with van der Waals surface area (Å²) in [7, 11) is 0. The molecule has 0 radical (unpaired) electrons. The molecule has 4 fully saturated rings. The van der Waals surface area contributed by atoms with Crippen molar-refractivity contribution in [1.82, 2.24) is 10.6 Å². The largest absolute Gasteiger partial charge is 0.352 e. The normalized spacial score (nSPS) is 42.0. The highest BCUT2D eigenvalue weighted by molar-refractivity contribution is 6.01. The van der Waals surface area contributed by atoms with Crippen LogP contribution < -0.4 is 10.6 Å². The molecule has 188 valence electrons. The number of alkyl halides is 2. The molecular formula is C27H44F2N2O2. The molecule has 1 saturated heterocycles. The first-order chi connectivity index (χ1) is 15.6. The van der Waals surface area contributed by atoms with E-state index in [1.54, 1.807) is 6.92 Å². The van der Waals surface area contributed by atoms with E-state index >= 15 is 0 Å². The highest BCUT2D eigenvalue weighted by atomic mass is 19.3. The van der Waals surface area contributed by atoms with E-state index in [0.29, 0.717) is 36.5 Å². The Balaban J connectivity index is 1.48. The zero-order chi connectivity index (χ0) is 24.0. The lowest BCUT2D eigenvalue weighted by Crippen LogP contribution is -2.64. The molecule has 1 aliphatic heterocycles. The molecule has 4 unspecified atom stereocenters. The maximum atomic E-state index is 13.6. The lowest BCUT2D eigenvalue weighted by atomic mass is 9.47. The summed E-state index contributed by atoms with van der Waals surface area (Å²) in [6.45, 7) is 8.41. The highest BCUT2D eigenvalue weighted by Crippen LogP contribution is 2.64. The van der Waals surface area contributed by atoms with Gasteiger partial charge in [-0.05, 0) is 86.9 Å². The van der Waals surface area contributed by atoms with Crippen LogP contribution in [0.25, 0.3) is 0 Å². The monoisotopic (exact) mass is 466 g/mol. The number of carbonyl (C=O) groups excluding carboxylic acids is 2. The fourth-order valence-electron chi connectivity index (χ4n) is 8.46. The Bertz CT molecular complexity index is 746. The van der Waals surface area contributed by atoms with Gasteiger partial charge in [0.25, 0.3) is 0 Å². The second-order valence-corrected chi connectivity index (χ2v) is 12.3. The standard InChI is InChI=1S/C27H44F2N2O2/c1-5-6-8-17(23(28)29)16(2)30-24(32)19-15-27(4)21-12-14-26(3)13-7-9-20(26)18(21)10-11-22(27)31-25(19)33/h16-23H,5-15H2,1-4H3,(H,30,32)(H,31,33)/t16?,17?,18-,19?,20-,21+,22?,26-,27+/m0/s1. The third-order valence-electron chi connectivity index (χ3n) is 10.5. The molecule has 0 aromatic rings. The van der Waals surface area contributed by atoms with Crippen molar-refractivity contribution < 1.29 is 18.4 Å². The molecule has 0 aromatic heterocycles. The Kier molecular flexibility index (Phi) is 7.13. The maximum Gasteiger partial charge on any atom is 0.243 e. The SMILES string of the molecule is CCCCC(C(F)F)C(C)NC(=O)C1C[C@@]2(C)C(CC[C@@H]3[C@H]2CC[C@]2(C)CCC[C@@H]32)NC1=O. The van der Waals surface area contributed by atoms with E-state index < -0.39 is 24.3 Å². The summed E-state index contributed by atoms with van der Waals surface area (Å²) in [6.07, 6.45) is 8.58. The highest BCUT2D eigenvalue weighted by Gasteiger charge is 2.60. The molecule has 1 heterocycles. The second kappa shape index (κ2) is 9.45. The molecule has 0 aromatic carbocycles. The predicted octanol–water partition coefficient (Wildman–Crippen LogP) is 5.70. The Hall–Kier alpha value is -1.20. The van der Waals surface area contributed by atoms with Gasteiger partial charge >= 0.3 is 0 Å². The van der Waals surface area contributed by atoms with Crippen LogP contribution in [0, 0.1) is 40.4 Å². The van der Waals surface area contributed by atoms with E-state index in [1.165, 1.54) is 38.5 Å². The number of hydrogen-bond acceptors (Lipinski definition) is 2. The smallest absolute Gasteiger partial charge is 0.243 e. The third-order valence-corrected chi connectivity index (χ3v) is 10.5. The molecule has 6 heteroatoms. The average molecular weight is 467 g/mol. The fourth-order valence-corrected chi connectivity index (χ4v) is 8.46. The zero-order valence-electron chi connectivity index (χ0n) is 21.0. The van der Waals surface area contributed by atoms with Crippen LogP contribution in [0.2, 0.25) is 0 Å². The van der Waals surface area contributed by atoms with Crippen LogP contribution in [0.4, 0.5) is 8.78 Å². The van der Waals surface area contributed by atoms with Gasteiger partial charge in [0.1, 0.15) is 5.92 Å². The van der Waals surface area contributed by atoms with Gasteiger partial charge < -0.3 is 10.6 Å². The second-order valence-electron chi connectivity index (χ2n) is 12.3. The van der Waals surface area contributed by atoms with Crippen LogP contribution in [-0.4, -0.2) is 30.3 Å². The Labute approximate surface area is 198 Å². The van der Waals surface area contributed by atoms with Gasteiger partial charge in [0, 0.05) is 18.0 Å². The number of unbranched alkanes of at least 4 members (excludes halogenated alkanes) is 1. The summed E-state index contributed by atoms with van der Waals surface area (Å²) >= 11 is 0. The van der Waals surface area contributed by atoms with E-state index in [0.717, 1.165) is 18.8 Å². The quantitative estimate of drug-likeness (QED) is 0.473. The van der Waals surface area contributed by atoms with Crippen molar-refractivity contribution in [2.45, 2.75) is 117 Å². The lowest BCUT2D eigenvalue weighted by Gasteiger charge is -2.60. The number of hydrogen-bond donors (Lipinski definition) is 2. The van der Waals surface area contributed by atoms with Crippen LogP contribution in [0.1, 0.15) is 98.3 Å². The van der Waals surface area contributed by atoms with Gasteiger partial charge in [0.05, 0.1) is 0 Å². The van der Waals surface area contributed by atoms with Crippen LogP contribution in [0.5, 0.6) is 0 Å². The van der Waals surface area contributed by atoms with Gasteiger partial charge in [-0.1, -0.05) is 40.0 Å². The fraction of sp³-hybridized carbons (Fsp3) is 0.926. The number of piperidine rings is 1. The number of rotatable bonds is 7. The van der Waals surface area contributed by atoms with Crippen molar-refractivity contribution in [3.05, 3.63) is 0 Å². The molecule has 9 atom stereocenters. The first-order valence-corrected chi connectivity index (χ1v) is 13.5. The van der Waals surface area contributed by atoms with Crippen LogP contribution >= 0.6 is 0 Å². The van der Waals surface area contributed by atoms with Crippen molar-refractivity contribution >= 4 is 11.8 Å². The molecule has 33 heavy (non-hydrogen) atoms. The lowest BCUT2D eigenvalue weighted by molar-refractivity contribution is -0.151. The average Bonchev–Trinajstić information content (AvgIpc) is 3.15. The summed E-state index contributed by atoms with van der Waals surface area (Å²) in [5.74, 6) is -0.268. The zero-order valence-corrected chi connectivity index (χ0v) is 21.0. The third kappa shape index (κ3) is 4.45. The van der Waals surface area contributed by atoms with Crippen molar-refractivity contribution in [3.8, 4) is 0 Å². The van der Waals surface area contributed by atoms with Gasteiger partial charge in [-0.15, -0.1) is 0 Å². The molecule has 4 aliphatic rings. The van der Waals surface area contributed by atoms with E-state index in [4.69, 9.17) is 0 Å². The van der Waals surface area contributed by atoms with Crippen molar-refractivity contribution in [2.75, 3.05) is 0 Å². The minimum absolute atomic E-state index is 0.101. The molecule has 3 aliphatic carbocycles. The van der Waals surface area contributed by atoms with Gasteiger partial charge in [0.2, 0.25) is 18.2 Å². The molecular weight excluding hydrogens is 422 g/mol. The van der Waals surface area contributed by atoms with Gasteiger partial charge in [0.15, 0.2) is 0 Å². The Morgan fingerprint density at radius 1 is 1.15 bits per heavy atom. The molecule has 2 amide bonds. The number of amides is 2. The molecule has 0 bridgehead atoms. The van der Waals surface area contributed by atoms with Gasteiger partial charge in [-0.2, -0.15) is 0 Å². The molecule has 4 nitrogen and oxygen atoms in total. The summed E-state index contributed by atoms with van der Waals surface area (Å²) in [6, 6.07) is -0.521. The molecule has 3 saturated carbocycles. The van der Waals surface area contributed by atoms with Crippen LogP contribution in [-0.2, 0) is 9.59 Å². The molecule has 0 spiro atoms. The number of halogens is 2. The first-order valence-electron chi connectivity index (χ1n) is 13.5. The molecule has 4 rings (SSSR count). The van der Waals surface area contributed by atoms with Crippen LogP contribution in [0.3, 0.4) is 0 Å². The topological polar surface area (TPSA) is 58.2 Å². The van der Waals surface area contributed by atoms with Crippen molar-refractivity contribution in [2.24, 2.45) is 40.4 Å².